The first kappa shape index (κ1) is 15.8. The van der Waals surface area contributed by atoms with E-state index in [-0.39, 0.29) is 17.5 Å². The highest BCUT2D eigenvalue weighted by atomic mass is 16.5. The van der Waals surface area contributed by atoms with Crippen molar-refractivity contribution in [3.8, 4) is 5.75 Å². The molecule has 0 saturated heterocycles. The molecule has 1 unspecified atom stereocenters. The average Bonchev–Trinajstić information content (AvgIpc) is 2.84. The van der Waals surface area contributed by atoms with Crippen molar-refractivity contribution in [2.45, 2.75) is 52.1 Å². The van der Waals surface area contributed by atoms with Gasteiger partial charge in [0.2, 0.25) is 5.91 Å². The quantitative estimate of drug-likeness (QED) is 0.876. The van der Waals surface area contributed by atoms with E-state index in [4.69, 9.17) is 4.74 Å². The third-order valence-electron chi connectivity index (χ3n) is 3.55. The van der Waals surface area contributed by atoms with E-state index in [1.807, 2.05) is 26.8 Å². The summed E-state index contributed by atoms with van der Waals surface area (Å²) in [5.41, 5.74) is 2.31. The lowest BCUT2D eigenvalue weighted by atomic mass is 10.0. The minimum absolute atomic E-state index is 0.0328. The van der Waals surface area contributed by atoms with Gasteiger partial charge in [-0.15, -0.1) is 0 Å². The minimum Gasteiger partial charge on any atom is -0.493 e. The van der Waals surface area contributed by atoms with Crippen LogP contribution in [0.15, 0.2) is 18.2 Å². The summed E-state index contributed by atoms with van der Waals surface area (Å²) in [6, 6.07) is 6.52. The lowest BCUT2D eigenvalue weighted by Crippen LogP contribution is -2.45. The van der Waals surface area contributed by atoms with E-state index in [1.54, 1.807) is 0 Å². The number of rotatable bonds is 5. The first-order valence-corrected chi connectivity index (χ1v) is 7.69. The molecule has 0 radical (unpaired) electrons. The van der Waals surface area contributed by atoms with Crippen LogP contribution in [0, 0.1) is 0 Å². The zero-order valence-electron chi connectivity index (χ0n) is 13.5. The van der Waals surface area contributed by atoms with Crippen molar-refractivity contribution >= 4 is 5.91 Å². The van der Waals surface area contributed by atoms with Gasteiger partial charge in [0.1, 0.15) is 5.75 Å². The second-order valence-corrected chi connectivity index (χ2v) is 6.61. The maximum absolute atomic E-state index is 11.9. The summed E-state index contributed by atoms with van der Waals surface area (Å²) in [6.45, 7) is 9.21. The topological polar surface area (TPSA) is 50.4 Å². The molecule has 0 saturated carbocycles. The molecule has 2 rings (SSSR count). The zero-order valence-corrected chi connectivity index (χ0v) is 13.5. The summed E-state index contributed by atoms with van der Waals surface area (Å²) in [6.07, 6.45) is 1.92. The predicted molar refractivity (Wildman–Crippen MR) is 84.6 cm³/mol. The summed E-state index contributed by atoms with van der Waals surface area (Å²) in [5.74, 6) is 1.03. The predicted octanol–water partition coefficient (Wildman–Crippen LogP) is 2.58. The fourth-order valence-electron chi connectivity index (χ4n) is 2.60. The summed E-state index contributed by atoms with van der Waals surface area (Å²) < 4.78 is 5.54. The molecule has 0 aliphatic carbocycles. The Morgan fingerprint density at radius 1 is 1.38 bits per heavy atom. The Balaban J connectivity index is 1.95. The van der Waals surface area contributed by atoms with Gasteiger partial charge in [0, 0.05) is 18.0 Å². The van der Waals surface area contributed by atoms with Crippen molar-refractivity contribution in [3.63, 3.8) is 0 Å². The maximum atomic E-state index is 11.9. The average molecular weight is 290 g/mol. The smallest absolute Gasteiger partial charge is 0.234 e. The monoisotopic (exact) mass is 290 g/mol. The number of ether oxygens (including phenoxy) is 1. The molecule has 1 aromatic carbocycles. The number of amides is 1. The van der Waals surface area contributed by atoms with Crippen LogP contribution >= 0.6 is 0 Å². The van der Waals surface area contributed by atoms with Gasteiger partial charge in [0.25, 0.3) is 0 Å². The van der Waals surface area contributed by atoms with Crippen molar-refractivity contribution in [1.82, 2.24) is 10.6 Å². The maximum Gasteiger partial charge on any atom is 0.234 e. The van der Waals surface area contributed by atoms with Crippen LogP contribution in [0.2, 0.25) is 0 Å². The van der Waals surface area contributed by atoms with Crippen molar-refractivity contribution in [2.75, 3.05) is 13.2 Å². The van der Waals surface area contributed by atoms with Crippen molar-refractivity contribution in [1.29, 1.82) is 0 Å². The third-order valence-corrected chi connectivity index (χ3v) is 3.55. The normalized spacial score (nSPS) is 15.2. The molecule has 0 spiro atoms. The van der Waals surface area contributed by atoms with E-state index in [9.17, 15) is 4.79 Å². The highest BCUT2D eigenvalue weighted by Crippen LogP contribution is 2.28. The SMILES string of the molecule is CCC(NCC(=O)NC(C)(C)C)c1ccc2c(c1)CCO2. The van der Waals surface area contributed by atoms with Crippen LogP contribution in [0.25, 0.3) is 0 Å². The van der Waals surface area contributed by atoms with E-state index in [0.29, 0.717) is 6.54 Å². The number of carbonyl (C=O) groups is 1. The van der Waals surface area contributed by atoms with Gasteiger partial charge in [-0.1, -0.05) is 19.1 Å². The molecule has 2 N–H and O–H groups in total. The van der Waals surface area contributed by atoms with Crippen LogP contribution in [0.4, 0.5) is 0 Å². The van der Waals surface area contributed by atoms with E-state index in [0.717, 1.165) is 25.2 Å². The largest absolute Gasteiger partial charge is 0.493 e. The summed E-state index contributed by atoms with van der Waals surface area (Å²) in [7, 11) is 0. The van der Waals surface area contributed by atoms with Crippen molar-refractivity contribution in [2.24, 2.45) is 0 Å². The molecule has 0 fully saturated rings. The Morgan fingerprint density at radius 3 is 2.81 bits per heavy atom. The van der Waals surface area contributed by atoms with Gasteiger partial charge in [0.15, 0.2) is 0 Å². The lowest BCUT2D eigenvalue weighted by Gasteiger charge is -2.22. The zero-order chi connectivity index (χ0) is 15.5. The van der Waals surface area contributed by atoms with E-state index < -0.39 is 0 Å². The van der Waals surface area contributed by atoms with Crippen LogP contribution in [-0.4, -0.2) is 24.6 Å². The van der Waals surface area contributed by atoms with Gasteiger partial charge in [0.05, 0.1) is 13.2 Å². The van der Waals surface area contributed by atoms with Crippen molar-refractivity contribution < 1.29 is 9.53 Å². The highest BCUT2D eigenvalue weighted by Gasteiger charge is 2.18. The Morgan fingerprint density at radius 2 is 2.14 bits per heavy atom. The fraction of sp³-hybridized carbons (Fsp3) is 0.588. The van der Waals surface area contributed by atoms with Crippen LogP contribution in [0.3, 0.4) is 0 Å². The number of hydrogen-bond acceptors (Lipinski definition) is 3. The standard InChI is InChI=1S/C17H26N2O2/c1-5-14(18-11-16(20)19-17(2,3)4)12-6-7-15-13(10-12)8-9-21-15/h6-7,10,14,18H,5,8-9,11H2,1-4H3,(H,19,20). The summed E-state index contributed by atoms with van der Waals surface area (Å²) in [4.78, 5) is 11.9. The van der Waals surface area contributed by atoms with Gasteiger partial charge < -0.3 is 15.4 Å². The number of fused-ring (bicyclic) bond motifs is 1. The molecule has 1 aliphatic rings. The molecule has 4 nitrogen and oxygen atoms in total. The molecule has 0 aromatic heterocycles. The van der Waals surface area contributed by atoms with Gasteiger partial charge >= 0.3 is 0 Å². The number of hydrogen-bond donors (Lipinski definition) is 2. The summed E-state index contributed by atoms with van der Waals surface area (Å²) in [5, 5.41) is 6.32. The second-order valence-electron chi connectivity index (χ2n) is 6.61. The van der Waals surface area contributed by atoms with Gasteiger partial charge in [-0.2, -0.15) is 0 Å². The van der Waals surface area contributed by atoms with Crippen LogP contribution in [0.5, 0.6) is 5.75 Å². The number of carbonyl (C=O) groups excluding carboxylic acids is 1. The summed E-state index contributed by atoms with van der Waals surface area (Å²) >= 11 is 0. The molecule has 1 heterocycles. The molecule has 1 aliphatic heterocycles. The van der Waals surface area contributed by atoms with Gasteiger partial charge in [-0.25, -0.2) is 0 Å². The number of nitrogens with one attached hydrogen (secondary N) is 2. The highest BCUT2D eigenvalue weighted by molar-refractivity contribution is 5.78. The molecule has 1 atom stereocenters. The Labute approximate surface area is 127 Å². The molecule has 4 heteroatoms. The van der Waals surface area contributed by atoms with E-state index in [1.165, 1.54) is 11.1 Å². The fourth-order valence-corrected chi connectivity index (χ4v) is 2.60. The van der Waals surface area contributed by atoms with Crippen LogP contribution < -0.4 is 15.4 Å². The van der Waals surface area contributed by atoms with Crippen LogP contribution in [0.1, 0.15) is 51.3 Å². The number of benzene rings is 1. The van der Waals surface area contributed by atoms with Crippen molar-refractivity contribution in [3.05, 3.63) is 29.3 Å². The molecule has 116 valence electrons. The Bertz CT molecular complexity index is 506. The first-order valence-electron chi connectivity index (χ1n) is 7.69. The molecular formula is C17H26N2O2. The Hall–Kier alpha value is -1.55. The lowest BCUT2D eigenvalue weighted by molar-refractivity contribution is -0.121. The molecule has 1 aromatic rings. The molecule has 21 heavy (non-hydrogen) atoms. The van der Waals surface area contributed by atoms with Gasteiger partial charge in [-0.05, 0) is 44.4 Å². The molecule has 0 bridgehead atoms. The minimum atomic E-state index is -0.189. The first-order chi connectivity index (χ1) is 9.89. The van der Waals surface area contributed by atoms with E-state index in [2.05, 4.69) is 29.7 Å². The molecular weight excluding hydrogens is 264 g/mol. The third kappa shape index (κ3) is 4.46. The van der Waals surface area contributed by atoms with Gasteiger partial charge in [-0.3, -0.25) is 4.79 Å². The van der Waals surface area contributed by atoms with E-state index >= 15 is 0 Å². The second kappa shape index (κ2) is 6.48. The Kier molecular flexibility index (Phi) is 4.88. The van der Waals surface area contributed by atoms with Crippen LogP contribution in [-0.2, 0) is 11.2 Å². The molecule has 1 amide bonds.